The summed E-state index contributed by atoms with van der Waals surface area (Å²) in [5.41, 5.74) is 4.53. The third-order valence-corrected chi connectivity index (χ3v) is 7.20. The summed E-state index contributed by atoms with van der Waals surface area (Å²) < 4.78 is 0. The van der Waals surface area contributed by atoms with Crippen molar-refractivity contribution in [3.63, 3.8) is 0 Å². The van der Waals surface area contributed by atoms with Gasteiger partial charge in [0.25, 0.3) is 0 Å². The third kappa shape index (κ3) is 11.7. The zero-order chi connectivity index (χ0) is 26.9. The fourth-order valence-electron chi connectivity index (χ4n) is 4.93. The minimum absolute atomic E-state index is 0.0930. The number of hydrogen-bond donors (Lipinski definition) is 3. The zero-order valence-corrected chi connectivity index (χ0v) is 24.2. The first-order valence-corrected chi connectivity index (χ1v) is 14.9. The minimum atomic E-state index is -0.142. The Labute approximate surface area is 227 Å². The Morgan fingerprint density at radius 3 is 1.78 bits per heavy atom. The second-order valence-electron chi connectivity index (χ2n) is 11.1. The van der Waals surface area contributed by atoms with Crippen LogP contribution in [0.1, 0.15) is 133 Å². The maximum absolute atomic E-state index is 13.0. The molecule has 0 saturated carbocycles. The summed E-state index contributed by atoms with van der Waals surface area (Å²) in [6.45, 7) is 12.5. The monoisotopic (exact) mass is 507 g/mol. The Balaban J connectivity index is 1.83. The third-order valence-electron chi connectivity index (χ3n) is 7.20. The molecule has 0 saturated heterocycles. The van der Waals surface area contributed by atoms with E-state index in [0.29, 0.717) is 18.4 Å². The molecule has 2 aromatic rings. The van der Waals surface area contributed by atoms with E-state index in [2.05, 4.69) is 93.0 Å². The predicted octanol–water partition coefficient (Wildman–Crippen LogP) is 9.31. The summed E-state index contributed by atoms with van der Waals surface area (Å²) in [5, 5.41) is 10.0. The Bertz CT molecular complexity index is 852. The topological polar surface area (TPSA) is 53.2 Å². The molecular formula is C33H53N3O. The van der Waals surface area contributed by atoms with Crippen LogP contribution in [0.25, 0.3) is 0 Å². The average Bonchev–Trinajstić information content (AvgIpc) is 2.89. The van der Waals surface area contributed by atoms with Gasteiger partial charge in [0.1, 0.15) is 0 Å². The fraction of sp³-hybridized carbons (Fsp3) is 0.606. The van der Waals surface area contributed by atoms with E-state index < -0.39 is 0 Å². The summed E-state index contributed by atoms with van der Waals surface area (Å²) >= 11 is 0. The van der Waals surface area contributed by atoms with Crippen LogP contribution in [-0.2, 0) is 0 Å². The van der Waals surface area contributed by atoms with Gasteiger partial charge in [-0.05, 0) is 41.5 Å². The number of benzene rings is 2. The molecular weight excluding hydrogens is 454 g/mol. The quantitative estimate of drug-likeness (QED) is 0.176. The SMILES string of the molecule is CCCCCCCCCCCCN[C@H](CNC(=O)Nc1c(C(C)C)cccc1C(C)C)c1ccccc1. The summed E-state index contributed by atoms with van der Waals surface area (Å²) in [6, 6.07) is 16.7. The van der Waals surface area contributed by atoms with Gasteiger partial charge in [-0.3, -0.25) is 0 Å². The molecule has 0 radical (unpaired) electrons. The van der Waals surface area contributed by atoms with Crippen LogP contribution >= 0.6 is 0 Å². The van der Waals surface area contributed by atoms with Crippen molar-refractivity contribution in [2.45, 2.75) is 117 Å². The van der Waals surface area contributed by atoms with E-state index in [1.54, 1.807) is 0 Å². The molecule has 0 heterocycles. The molecule has 0 spiro atoms. The number of carbonyl (C=O) groups excluding carboxylic acids is 1. The number of urea groups is 1. The molecule has 0 aliphatic carbocycles. The van der Waals surface area contributed by atoms with Crippen LogP contribution in [0.5, 0.6) is 0 Å². The van der Waals surface area contributed by atoms with Crippen molar-refractivity contribution in [3.8, 4) is 0 Å². The van der Waals surface area contributed by atoms with E-state index in [0.717, 1.165) is 12.2 Å². The maximum Gasteiger partial charge on any atom is 0.319 e. The lowest BCUT2D eigenvalue weighted by molar-refractivity contribution is 0.250. The van der Waals surface area contributed by atoms with Gasteiger partial charge in [-0.25, -0.2) is 4.79 Å². The summed E-state index contributed by atoms with van der Waals surface area (Å²) in [6.07, 6.45) is 13.4. The molecule has 37 heavy (non-hydrogen) atoms. The summed E-state index contributed by atoms with van der Waals surface area (Å²) in [4.78, 5) is 13.0. The van der Waals surface area contributed by atoms with Gasteiger partial charge in [0.05, 0.1) is 0 Å². The number of carbonyl (C=O) groups is 1. The van der Waals surface area contributed by atoms with Gasteiger partial charge in [0.2, 0.25) is 0 Å². The molecule has 0 unspecified atom stereocenters. The van der Waals surface area contributed by atoms with Crippen LogP contribution in [0, 0.1) is 0 Å². The predicted molar refractivity (Wildman–Crippen MR) is 161 cm³/mol. The first-order valence-electron chi connectivity index (χ1n) is 14.9. The van der Waals surface area contributed by atoms with E-state index in [-0.39, 0.29) is 12.1 Å². The lowest BCUT2D eigenvalue weighted by Gasteiger charge is -2.22. The van der Waals surface area contributed by atoms with Crippen LogP contribution < -0.4 is 16.0 Å². The first-order chi connectivity index (χ1) is 17.9. The van der Waals surface area contributed by atoms with Crippen LogP contribution in [0.3, 0.4) is 0 Å². The second-order valence-corrected chi connectivity index (χ2v) is 11.1. The highest BCUT2D eigenvalue weighted by Crippen LogP contribution is 2.32. The number of hydrogen-bond acceptors (Lipinski definition) is 2. The van der Waals surface area contributed by atoms with Crippen molar-refractivity contribution in [3.05, 3.63) is 65.2 Å². The van der Waals surface area contributed by atoms with Crippen LogP contribution in [-0.4, -0.2) is 19.1 Å². The van der Waals surface area contributed by atoms with Gasteiger partial charge in [0.15, 0.2) is 0 Å². The lowest BCUT2D eigenvalue weighted by atomic mass is 9.93. The standard InChI is InChI=1S/C33H53N3O/c1-6-7-8-9-10-11-12-13-14-18-24-34-31(28-20-16-15-17-21-28)25-35-33(37)36-32-29(26(2)3)22-19-23-30(32)27(4)5/h15-17,19-23,26-27,31,34H,6-14,18,24-25H2,1-5H3,(H2,35,36,37)/t31-/m1/s1. The Kier molecular flexibility index (Phi) is 15.0. The molecule has 0 aromatic heterocycles. The lowest BCUT2D eigenvalue weighted by Crippen LogP contribution is -2.38. The number of amides is 2. The number of anilines is 1. The number of nitrogens with one attached hydrogen (secondary N) is 3. The number of para-hydroxylation sites is 1. The minimum Gasteiger partial charge on any atom is -0.336 e. The van der Waals surface area contributed by atoms with Gasteiger partial charge >= 0.3 is 6.03 Å². The van der Waals surface area contributed by atoms with Crippen molar-refractivity contribution < 1.29 is 4.79 Å². The second kappa shape index (κ2) is 18.0. The Hall–Kier alpha value is -2.33. The maximum atomic E-state index is 13.0. The Morgan fingerprint density at radius 1 is 0.703 bits per heavy atom. The fourth-order valence-corrected chi connectivity index (χ4v) is 4.93. The van der Waals surface area contributed by atoms with Crippen molar-refractivity contribution in [2.75, 3.05) is 18.4 Å². The Morgan fingerprint density at radius 2 is 1.24 bits per heavy atom. The molecule has 4 nitrogen and oxygen atoms in total. The first kappa shape index (κ1) is 30.9. The number of rotatable bonds is 18. The highest BCUT2D eigenvalue weighted by Gasteiger charge is 2.17. The summed E-state index contributed by atoms with van der Waals surface area (Å²) in [7, 11) is 0. The molecule has 1 atom stereocenters. The number of unbranched alkanes of at least 4 members (excludes halogenated alkanes) is 9. The van der Waals surface area contributed by atoms with E-state index in [9.17, 15) is 4.79 Å². The molecule has 0 aliphatic rings. The molecule has 2 aromatic carbocycles. The molecule has 2 rings (SSSR count). The largest absolute Gasteiger partial charge is 0.336 e. The molecule has 4 heteroatoms. The van der Waals surface area contributed by atoms with Crippen LogP contribution in [0.2, 0.25) is 0 Å². The van der Waals surface area contributed by atoms with E-state index in [1.807, 2.05) is 6.07 Å². The molecule has 3 N–H and O–H groups in total. The molecule has 0 aliphatic heterocycles. The smallest absolute Gasteiger partial charge is 0.319 e. The van der Waals surface area contributed by atoms with Crippen LogP contribution in [0.4, 0.5) is 10.5 Å². The highest BCUT2D eigenvalue weighted by atomic mass is 16.2. The average molecular weight is 508 g/mol. The molecule has 206 valence electrons. The van der Waals surface area contributed by atoms with Crippen molar-refractivity contribution in [1.82, 2.24) is 10.6 Å². The molecule has 2 amide bonds. The summed E-state index contributed by atoms with van der Waals surface area (Å²) in [5.74, 6) is 0.683. The van der Waals surface area contributed by atoms with E-state index in [1.165, 1.54) is 80.9 Å². The van der Waals surface area contributed by atoms with Crippen molar-refractivity contribution in [1.29, 1.82) is 0 Å². The van der Waals surface area contributed by atoms with Gasteiger partial charge in [-0.1, -0.05) is 141 Å². The van der Waals surface area contributed by atoms with Crippen molar-refractivity contribution >= 4 is 11.7 Å². The molecule has 0 bridgehead atoms. The van der Waals surface area contributed by atoms with E-state index >= 15 is 0 Å². The van der Waals surface area contributed by atoms with Gasteiger partial charge in [-0.2, -0.15) is 0 Å². The van der Waals surface area contributed by atoms with Gasteiger partial charge < -0.3 is 16.0 Å². The van der Waals surface area contributed by atoms with Gasteiger partial charge in [0, 0.05) is 18.3 Å². The van der Waals surface area contributed by atoms with Crippen LogP contribution in [0.15, 0.2) is 48.5 Å². The van der Waals surface area contributed by atoms with Crippen molar-refractivity contribution in [2.24, 2.45) is 0 Å². The van der Waals surface area contributed by atoms with Gasteiger partial charge in [-0.15, -0.1) is 0 Å². The normalized spacial score (nSPS) is 12.2. The zero-order valence-electron chi connectivity index (χ0n) is 24.2. The van der Waals surface area contributed by atoms with E-state index in [4.69, 9.17) is 0 Å². The molecule has 0 fully saturated rings. The highest BCUT2D eigenvalue weighted by molar-refractivity contribution is 5.91.